The van der Waals surface area contributed by atoms with Gasteiger partial charge in [0.2, 0.25) is 0 Å². The van der Waals surface area contributed by atoms with Gasteiger partial charge in [-0.1, -0.05) is 36.4 Å². The second-order valence-corrected chi connectivity index (χ2v) is 3.82. The van der Waals surface area contributed by atoms with Crippen molar-refractivity contribution in [3.63, 3.8) is 0 Å². The highest BCUT2D eigenvalue weighted by molar-refractivity contribution is 5.83. The van der Waals surface area contributed by atoms with Gasteiger partial charge in [0.1, 0.15) is 0 Å². The number of hydrogen-bond acceptors (Lipinski definition) is 2. The van der Waals surface area contributed by atoms with Crippen molar-refractivity contribution in [2.24, 2.45) is 0 Å². The van der Waals surface area contributed by atoms with Crippen LogP contribution in [0.4, 0.5) is 4.79 Å². The molecule has 0 bridgehead atoms. The highest BCUT2D eigenvalue weighted by Gasteiger charge is 2.21. The first kappa shape index (κ1) is 13.8. The van der Waals surface area contributed by atoms with Crippen LogP contribution in [0.25, 0.3) is 0 Å². The van der Waals surface area contributed by atoms with Crippen molar-refractivity contribution < 1.29 is 14.7 Å². The molecule has 1 aromatic carbocycles. The highest BCUT2D eigenvalue weighted by atomic mass is 16.4. The molecule has 0 aliphatic heterocycles. The molecule has 0 radical (unpaired) electrons. The lowest BCUT2D eigenvalue weighted by Gasteiger charge is -2.17. The molecule has 18 heavy (non-hydrogen) atoms. The second kappa shape index (κ2) is 6.44. The van der Waals surface area contributed by atoms with E-state index in [0.717, 1.165) is 0 Å². The number of carbonyl (C=O) groups is 2. The lowest BCUT2D eigenvalue weighted by atomic mass is 10.1. The number of urea groups is 1. The summed E-state index contributed by atoms with van der Waals surface area (Å²) in [7, 11) is 0. The van der Waals surface area contributed by atoms with Crippen LogP contribution in [0.3, 0.4) is 0 Å². The summed E-state index contributed by atoms with van der Waals surface area (Å²) in [6, 6.07) is 6.68. The van der Waals surface area contributed by atoms with Crippen LogP contribution in [0.1, 0.15) is 18.5 Å². The van der Waals surface area contributed by atoms with Crippen LogP contribution in [-0.4, -0.2) is 23.1 Å². The Morgan fingerprint density at radius 2 is 1.89 bits per heavy atom. The van der Waals surface area contributed by atoms with Gasteiger partial charge in [0.25, 0.3) is 0 Å². The Kier molecular flexibility index (Phi) is 4.92. The standard InChI is InChI=1S/C13H16N2O3/c1-3-9(2)14-13(18)15-11(12(16)17)10-7-5-4-6-8-10/h3-9,11H,1H2,2H3,(H,16,17)(H2,14,15,18)/t9?,11-/m1/s1. The first-order valence-corrected chi connectivity index (χ1v) is 5.52. The number of carboxylic acids is 1. The quantitative estimate of drug-likeness (QED) is 0.694. The van der Waals surface area contributed by atoms with Crippen LogP contribution >= 0.6 is 0 Å². The van der Waals surface area contributed by atoms with Gasteiger partial charge in [-0.2, -0.15) is 0 Å². The van der Waals surface area contributed by atoms with Crippen molar-refractivity contribution >= 4 is 12.0 Å². The van der Waals surface area contributed by atoms with Gasteiger partial charge in [-0.25, -0.2) is 9.59 Å². The van der Waals surface area contributed by atoms with Crippen LogP contribution in [0.2, 0.25) is 0 Å². The molecule has 5 heteroatoms. The van der Waals surface area contributed by atoms with E-state index in [1.165, 1.54) is 0 Å². The summed E-state index contributed by atoms with van der Waals surface area (Å²) in [5, 5.41) is 14.1. The lowest BCUT2D eigenvalue weighted by molar-refractivity contribution is -0.139. The van der Waals surface area contributed by atoms with E-state index < -0.39 is 18.0 Å². The van der Waals surface area contributed by atoms with Crippen LogP contribution < -0.4 is 10.6 Å². The zero-order chi connectivity index (χ0) is 13.5. The molecule has 1 aromatic rings. The zero-order valence-corrected chi connectivity index (χ0v) is 10.1. The van der Waals surface area contributed by atoms with Crippen LogP contribution in [0.15, 0.2) is 43.0 Å². The minimum absolute atomic E-state index is 0.227. The number of carboxylic acid groups (broad SMARTS) is 1. The van der Waals surface area contributed by atoms with E-state index in [1.807, 2.05) is 0 Å². The molecule has 0 heterocycles. The van der Waals surface area contributed by atoms with Crippen molar-refractivity contribution in [2.75, 3.05) is 0 Å². The van der Waals surface area contributed by atoms with Crippen molar-refractivity contribution in [3.05, 3.63) is 48.6 Å². The van der Waals surface area contributed by atoms with E-state index in [9.17, 15) is 9.59 Å². The predicted octanol–water partition coefficient (Wildman–Crippen LogP) is 1.69. The smallest absolute Gasteiger partial charge is 0.330 e. The number of carbonyl (C=O) groups excluding carboxylic acids is 1. The lowest BCUT2D eigenvalue weighted by Crippen LogP contribution is -2.43. The Balaban J connectivity index is 2.73. The molecule has 96 valence electrons. The fraction of sp³-hybridized carbons (Fsp3) is 0.231. The summed E-state index contributed by atoms with van der Waals surface area (Å²) in [5.41, 5.74) is 0.520. The Bertz CT molecular complexity index is 431. The fourth-order valence-corrected chi connectivity index (χ4v) is 1.37. The summed E-state index contributed by atoms with van der Waals surface area (Å²) in [4.78, 5) is 22.7. The fourth-order valence-electron chi connectivity index (χ4n) is 1.37. The molecule has 2 amide bonds. The Hall–Kier alpha value is -2.30. The SMILES string of the molecule is C=CC(C)NC(=O)N[C@@H](C(=O)O)c1ccccc1. The second-order valence-electron chi connectivity index (χ2n) is 3.82. The van der Waals surface area contributed by atoms with Crippen molar-refractivity contribution in [3.8, 4) is 0 Å². The monoisotopic (exact) mass is 248 g/mol. The molecule has 5 nitrogen and oxygen atoms in total. The number of hydrogen-bond donors (Lipinski definition) is 3. The largest absolute Gasteiger partial charge is 0.479 e. The van der Waals surface area contributed by atoms with Gasteiger partial charge < -0.3 is 15.7 Å². The summed E-state index contributed by atoms with van der Waals surface area (Å²) < 4.78 is 0. The molecule has 0 aliphatic carbocycles. The van der Waals surface area contributed by atoms with Gasteiger partial charge in [-0.05, 0) is 12.5 Å². The molecule has 0 fully saturated rings. The maximum absolute atomic E-state index is 11.6. The third kappa shape index (κ3) is 3.93. The number of rotatable bonds is 5. The molecular formula is C13H16N2O3. The molecule has 0 aromatic heterocycles. The molecule has 0 spiro atoms. The summed E-state index contributed by atoms with van der Waals surface area (Å²) in [5.74, 6) is -1.11. The van der Waals surface area contributed by atoms with E-state index in [2.05, 4.69) is 17.2 Å². The average molecular weight is 248 g/mol. The number of benzene rings is 1. The van der Waals surface area contributed by atoms with E-state index >= 15 is 0 Å². The van der Waals surface area contributed by atoms with Gasteiger partial charge in [0.15, 0.2) is 6.04 Å². The van der Waals surface area contributed by atoms with E-state index in [4.69, 9.17) is 5.11 Å². The predicted molar refractivity (Wildman–Crippen MR) is 68.1 cm³/mol. The summed E-state index contributed by atoms with van der Waals surface area (Å²) >= 11 is 0. The van der Waals surface area contributed by atoms with E-state index in [-0.39, 0.29) is 6.04 Å². The van der Waals surface area contributed by atoms with E-state index in [0.29, 0.717) is 5.56 Å². The van der Waals surface area contributed by atoms with E-state index in [1.54, 1.807) is 43.3 Å². The number of amides is 2. The molecule has 0 saturated carbocycles. The molecule has 2 atom stereocenters. The van der Waals surface area contributed by atoms with Crippen LogP contribution in [-0.2, 0) is 4.79 Å². The molecule has 0 saturated heterocycles. The topological polar surface area (TPSA) is 78.4 Å². The first-order valence-electron chi connectivity index (χ1n) is 5.52. The molecule has 3 N–H and O–H groups in total. The minimum Gasteiger partial charge on any atom is -0.479 e. The van der Waals surface area contributed by atoms with Gasteiger partial charge in [0, 0.05) is 6.04 Å². The normalized spacial score (nSPS) is 13.2. The minimum atomic E-state index is -1.11. The number of nitrogens with one attached hydrogen (secondary N) is 2. The maximum atomic E-state index is 11.6. The van der Waals surface area contributed by atoms with Crippen molar-refractivity contribution in [1.82, 2.24) is 10.6 Å². The maximum Gasteiger partial charge on any atom is 0.330 e. The third-order valence-corrected chi connectivity index (χ3v) is 2.37. The molecule has 0 aliphatic rings. The average Bonchev–Trinajstić information content (AvgIpc) is 2.36. The van der Waals surface area contributed by atoms with Gasteiger partial charge >= 0.3 is 12.0 Å². The number of aliphatic carboxylic acids is 1. The Morgan fingerprint density at radius 1 is 1.28 bits per heavy atom. The molecular weight excluding hydrogens is 232 g/mol. The van der Waals surface area contributed by atoms with Crippen molar-refractivity contribution in [2.45, 2.75) is 19.0 Å². The zero-order valence-electron chi connectivity index (χ0n) is 10.1. The Morgan fingerprint density at radius 3 is 2.39 bits per heavy atom. The van der Waals surface area contributed by atoms with Crippen LogP contribution in [0, 0.1) is 0 Å². The molecule has 1 unspecified atom stereocenters. The third-order valence-electron chi connectivity index (χ3n) is 2.37. The highest BCUT2D eigenvalue weighted by Crippen LogP contribution is 2.12. The Labute approximate surface area is 106 Å². The molecule has 1 rings (SSSR count). The van der Waals surface area contributed by atoms with Gasteiger partial charge in [-0.15, -0.1) is 6.58 Å². The van der Waals surface area contributed by atoms with Crippen LogP contribution in [0.5, 0.6) is 0 Å². The summed E-state index contributed by atoms with van der Waals surface area (Å²) in [6.45, 7) is 5.27. The van der Waals surface area contributed by atoms with Crippen molar-refractivity contribution in [1.29, 1.82) is 0 Å². The van der Waals surface area contributed by atoms with Gasteiger partial charge in [-0.3, -0.25) is 0 Å². The summed E-state index contributed by atoms with van der Waals surface area (Å²) in [6.07, 6.45) is 1.55. The first-order chi connectivity index (χ1) is 8.54. The van der Waals surface area contributed by atoms with Gasteiger partial charge in [0.05, 0.1) is 0 Å².